The third-order valence-electron chi connectivity index (χ3n) is 2.94. The van der Waals surface area contributed by atoms with Gasteiger partial charge in [-0.1, -0.05) is 23.7 Å². The minimum Gasteiger partial charge on any atom is -0.485 e. The first-order valence-corrected chi connectivity index (χ1v) is 6.43. The lowest BCUT2D eigenvalue weighted by Gasteiger charge is -2.07. The van der Waals surface area contributed by atoms with Crippen molar-refractivity contribution < 1.29 is 4.74 Å². The van der Waals surface area contributed by atoms with Gasteiger partial charge in [0.1, 0.15) is 18.2 Å². The topological polar surface area (TPSA) is 37.9 Å². The standard InChI is InChI=1S/C15H13ClN2O/c1-10-8-11(16)6-7-14(10)19-9-15-17-12-4-2-3-5-13(12)18-15/h2-8H,9H2,1H3,(H,17,18). The number of hydrogen-bond donors (Lipinski definition) is 1. The van der Waals surface area contributed by atoms with Crippen LogP contribution in [0.25, 0.3) is 11.0 Å². The molecule has 0 aliphatic rings. The minimum absolute atomic E-state index is 0.414. The molecular formula is C15H13ClN2O. The Morgan fingerprint density at radius 2 is 2.05 bits per heavy atom. The molecule has 19 heavy (non-hydrogen) atoms. The highest BCUT2D eigenvalue weighted by molar-refractivity contribution is 6.30. The number of rotatable bonds is 3. The zero-order chi connectivity index (χ0) is 13.2. The Hall–Kier alpha value is -2.00. The van der Waals surface area contributed by atoms with Crippen LogP contribution in [0, 0.1) is 6.92 Å². The van der Waals surface area contributed by atoms with Gasteiger partial charge in [0.05, 0.1) is 11.0 Å². The second-order valence-electron chi connectivity index (χ2n) is 4.40. The van der Waals surface area contributed by atoms with E-state index in [0.717, 1.165) is 28.2 Å². The van der Waals surface area contributed by atoms with Crippen LogP contribution in [0.15, 0.2) is 42.5 Å². The third-order valence-corrected chi connectivity index (χ3v) is 3.17. The number of nitrogens with zero attached hydrogens (tertiary/aromatic N) is 1. The highest BCUT2D eigenvalue weighted by Gasteiger charge is 2.04. The summed E-state index contributed by atoms with van der Waals surface area (Å²) in [5.74, 6) is 1.64. The molecule has 0 fully saturated rings. The number of halogens is 1. The summed E-state index contributed by atoms with van der Waals surface area (Å²) in [5.41, 5.74) is 2.99. The normalized spacial score (nSPS) is 10.8. The first-order valence-electron chi connectivity index (χ1n) is 6.05. The number of H-pyrrole nitrogens is 1. The van der Waals surface area contributed by atoms with E-state index < -0.39 is 0 Å². The zero-order valence-corrected chi connectivity index (χ0v) is 11.2. The molecule has 0 atom stereocenters. The van der Waals surface area contributed by atoms with Crippen LogP contribution >= 0.6 is 11.6 Å². The fraction of sp³-hybridized carbons (Fsp3) is 0.133. The molecule has 1 aromatic heterocycles. The predicted molar refractivity (Wildman–Crippen MR) is 76.6 cm³/mol. The first-order chi connectivity index (χ1) is 9.22. The van der Waals surface area contributed by atoms with Crippen molar-refractivity contribution in [3.63, 3.8) is 0 Å². The summed E-state index contributed by atoms with van der Waals surface area (Å²) in [5, 5.41) is 0.716. The molecule has 0 aliphatic carbocycles. The number of aryl methyl sites for hydroxylation is 1. The van der Waals surface area contributed by atoms with E-state index in [1.807, 2.05) is 49.4 Å². The van der Waals surface area contributed by atoms with Gasteiger partial charge in [-0.3, -0.25) is 0 Å². The number of ether oxygens (including phenoxy) is 1. The van der Waals surface area contributed by atoms with Crippen molar-refractivity contribution in [2.24, 2.45) is 0 Å². The average Bonchev–Trinajstić information content (AvgIpc) is 2.80. The number of aromatic amines is 1. The Kier molecular flexibility index (Phi) is 3.13. The summed E-state index contributed by atoms with van der Waals surface area (Å²) < 4.78 is 5.75. The van der Waals surface area contributed by atoms with Crippen LogP contribution in [0.5, 0.6) is 5.75 Å². The summed E-state index contributed by atoms with van der Waals surface area (Å²) >= 11 is 5.91. The van der Waals surface area contributed by atoms with Gasteiger partial charge in [-0.05, 0) is 42.8 Å². The van der Waals surface area contributed by atoms with Crippen LogP contribution in [0.2, 0.25) is 5.02 Å². The predicted octanol–water partition coefficient (Wildman–Crippen LogP) is 4.10. The summed E-state index contributed by atoms with van der Waals surface area (Å²) in [6, 6.07) is 13.5. The lowest BCUT2D eigenvalue weighted by atomic mass is 10.2. The number of aromatic nitrogens is 2. The Bertz CT molecular complexity index is 688. The summed E-state index contributed by atoms with van der Waals surface area (Å²) in [7, 11) is 0. The van der Waals surface area contributed by atoms with Gasteiger partial charge in [0.25, 0.3) is 0 Å². The summed E-state index contributed by atoms with van der Waals surface area (Å²) in [6.45, 7) is 2.39. The molecule has 0 amide bonds. The molecule has 0 radical (unpaired) electrons. The summed E-state index contributed by atoms with van der Waals surface area (Å²) in [4.78, 5) is 7.70. The molecule has 4 heteroatoms. The molecule has 0 unspecified atom stereocenters. The fourth-order valence-electron chi connectivity index (χ4n) is 1.99. The van der Waals surface area contributed by atoms with E-state index in [1.54, 1.807) is 0 Å². The Labute approximate surface area is 116 Å². The molecule has 0 spiro atoms. The highest BCUT2D eigenvalue weighted by atomic mass is 35.5. The van der Waals surface area contributed by atoms with Crippen molar-refractivity contribution in [3.05, 3.63) is 58.9 Å². The van der Waals surface area contributed by atoms with Gasteiger partial charge in [0, 0.05) is 5.02 Å². The average molecular weight is 273 g/mol. The number of para-hydroxylation sites is 2. The van der Waals surface area contributed by atoms with Gasteiger partial charge in [-0.2, -0.15) is 0 Å². The monoisotopic (exact) mass is 272 g/mol. The zero-order valence-electron chi connectivity index (χ0n) is 10.5. The van der Waals surface area contributed by atoms with Gasteiger partial charge in [0.15, 0.2) is 0 Å². The minimum atomic E-state index is 0.414. The van der Waals surface area contributed by atoms with E-state index in [2.05, 4.69) is 9.97 Å². The largest absolute Gasteiger partial charge is 0.485 e. The summed E-state index contributed by atoms with van der Waals surface area (Å²) in [6.07, 6.45) is 0. The number of fused-ring (bicyclic) bond motifs is 1. The van der Waals surface area contributed by atoms with Crippen LogP contribution < -0.4 is 4.74 Å². The number of benzene rings is 2. The molecule has 0 saturated heterocycles. The van der Waals surface area contributed by atoms with E-state index in [-0.39, 0.29) is 0 Å². The van der Waals surface area contributed by atoms with E-state index in [9.17, 15) is 0 Å². The maximum absolute atomic E-state index is 5.91. The Morgan fingerprint density at radius 3 is 2.84 bits per heavy atom. The molecule has 1 N–H and O–H groups in total. The van der Waals surface area contributed by atoms with Crippen LogP contribution in [0.3, 0.4) is 0 Å². The molecule has 0 aliphatic heterocycles. The van der Waals surface area contributed by atoms with Gasteiger partial charge in [0.2, 0.25) is 0 Å². The maximum atomic E-state index is 5.91. The number of imidazole rings is 1. The molecule has 1 heterocycles. The molecule has 3 nitrogen and oxygen atoms in total. The fourth-order valence-corrected chi connectivity index (χ4v) is 2.22. The van der Waals surface area contributed by atoms with Crippen molar-refractivity contribution in [2.45, 2.75) is 13.5 Å². The van der Waals surface area contributed by atoms with Crippen LogP contribution in [0.4, 0.5) is 0 Å². The highest BCUT2D eigenvalue weighted by Crippen LogP contribution is 2.22. The van der Waals surface area contributed by atoms with Crippen LogP contribution in [0.1, 0.15) is 11.4 Å². The first kappa shape index (κ1) is 12.1. The van der Waals surface area contributed by atoms with E-state index >= 15 is 0 Å². The lowest BCUT2D eigenvalue weighted by molar-refractivity contribution is 0.295. The van der Waals surface area contributed by atoms with Crippen LogP contribution in [-0.2, 0) is 6.61 Å². The lowest BCUT2D eigenvalue weighted by Crippen LogP contribution is -1.98. The molecule has 2 aromatic carbocycles. The van der Waals surface area contributed by atoms with E-state index in [4.69, 9.17) is 16.3 Å². The molecule has 3 rings (SSSR count). The van der Waals surface area contributed by atoms with Gasteiger partial charge in [-0.25, -0.2) is 4.98 Å². The van der Waals surface area contributed by atoms with Crippen molar-refractivity contribution in [1.29, 1.82) is 0 Å². The van der Waals surface area contributed by atoms with Gasteiger partial charge < -0.3 is 9.72 Å². The Morgan fingerprint density at radius 1 is 1.21 bits per heavy atom. The SMILES string of the molecule is Cc1cc(Cl)ccc1OCc1nc2ccccc2[nH]1. The Balaban J connectivity index is 1.78. The van der Waals surface area contributed by atoms with E-state index in [1.165, 1.54) is 0 Å². The molecule has 3 aromatic rings. The van der Waals surface area contributed by atoms with Crippen molar-refractivity contribution in [1.82, 2.24) is 9.97 Å². The number of nitrogens with one attached hydrogen (secondary N) is 1. The van der Waals surface area contributed by atoms with Crippen LogP contribution in [-0.4, -0.2) is 9.97 Å². The molecular weight excluding hydrogens is 260 g/mol. The van der Waals surface area contributed by atoms with Gasteiger partial charge in [-0.15, -0.1) is 0 Å². The molecule has 0 bridgehead atoms. The smallest absolute Gasteiger partial charge is 0.146 e. The number of hydrogen-bond acceptors (Lipinski definition) is 2. The van der Waals surface area contributed by atoms with Gasteiger partial charge >= 0.3 is 0 Å². The maximum Gasteiger partial charge on any atom is 0.146 e. The van der Waals surface area contributed by atoms with Crippen molar-refractivity contribution in [2.75, 3.05) is 0 Å². The van der Waals surface area contributed by atoms with E-state index in [0.29, 0.717) is 11.6 Å². The molecule has 0 saturated carbocycles. The second-order valence-corrected chi connectivity index (χ2v) is 4.84. The van der Waals surface area contributed by atoms with Crippen molar-refractivity contribution >= 4 is 22.6 Å². The third kappa shape index (κ3) is 2.56. The molecule has 96 valence electrons. The van der Waals surface area contributed by atoms with Crippen molar-refractivity contribution in [3.8, 4) is 5.75 Å². The second kappa shape index (κ2) is 4.94. The quantitative estimate of drug-likeness (QED) is 0.779.